The Hall–Kier alpha value is -1.40. The first kappa shape index (κ1) is 15.0. The number of primary sulfonamides is 1. The van der Waals surface area contributed by atoms with Crippen molar-refractivity contribution in [2.75, 3.05) is 6.54 Å². The standard InChI is InChI=1S/C14H20N2O3S/c1-9-4-5-10(6-12(9)20(15,18)19)13(17)16-8-11-7-14(11,2)3/h4-6,11H,7-8H2,1-3H3,(H,16,17)(H2,15,18,19). The van der Waals surface area contributed by atoms with Gasteiger partial charge in [0.2, 0.25) is 10.0 Å². The van der Waals surface area contributed by atoms with Crippen molar-refractivity contribution in [3.8, 4) is 0 Å². The summed E-state index contributed by atoms with van der Waals surface area (Å²) < 4.78 is 22.9. The van der Waals surface area contributed by atoms with Crippen LogP contribution >= 0.6 is 0 Å². The van der Waals surface area contributed by atoms with E-state index in [9.17, 15) is 13.2 Å². The lowest BCUT2D eigenvalue weighted by Gasteiger charge is -2.09. The second-order valence-corrected chi connectivity index (χ2v) is 7.65. The Bertz CT molecular complexity index is 650. The van der Waals surface area contributed by atoms with E-state index in [2.05, 4.69) is 19.2 Å². The summed E-state index contributed by atoms with van der Waals surface area (Å²) in [5.41, 5.74) is 1.15. The molecule has 1 aliphatic rings. The minimum atomic E-state index is -3.81. The SMILES string of the molecule is Cc1ccc(C(=O)NCC2CC2(C)C)cc1S(N)(=O)=O. The molecule has 3 N–H and O–H groups in total. The topological polar surface area (TPSA) is 89.3 Å². The molecule has 0 aromatic heterocycles. The summed E-state index contributed by atoms with van der Waals surface area (Å²) in [4.78, 5) is 12.0. The maximum absolute atomic E-state index is 12.0. The van der Waals surface area contributed by atoms with E-state index in [1.807, 2.05) is 0 Å². The largest absolute Gasteiger partial charge is 0.352 e. The van der Waals surface area contributed by atoms with Crippen LogP contribution in [0.15, 0.2) is 23.1 Å². The van der Waals surface area contributed by atoms with Crippen LogP contribution in [0.25, 0.3) is 0 Å². The molecule has 0 saturated heterocycles. The average molecular weight is 296 g/mol. The maximum Gasteiger partial charge on any atom is 0.251 e. The van der Waals surface area contributed by atoms with E-state index in [0.29, 0.717) is 29.0 Å². The quantitative estimate of drug-likeness (QED) is 0.880. The molecule has 1 aromatic rings. The molecular formula is C14H20N2O3S. The molecule has 0 heterocycles. The van der Waals surface area contributed by atoms with Crippen molar-refractivity contribution in [2.24, 2.45) is 16.5 Å². The molecule has 6 heteroatoms. The molecule has 20 heavy (non-hydrogen) atoms. The Balaban J connectivity index is 2.11. The Morgan fingerprint density at radius 2 is 2.05 bits per heavy atom. The van der Waals surface area contributed by atoms with E-state index < -0.39 is 10.0 Å². The van der Waals surface area contributed by atoms with Gasteiger partial charge in [0.15, 0.2) is 0 Å². The van der Waals surface area contributed by atoms with Crippen molar-refractivity contribution in [1.82, 2.24) is 5.32 Å². The van der Waals surface area contributed by atoms with Gasteiger partial charge in [0, 0.05) is 12.1 Å². The Labute approximate surface area is 119 Å². The molecular weight excluding hydrogens is 276 g/mol. The third-order valence-electron chi connectivity index (χ3n) is 3.98. The lowest BCUT2D eigenvalue weighted by molar-refractivity contribution is 0.0950. The van der Waals surface area contributed by atoms with Crippen molar-refractivity contribution >= 4 is 15.9 Å². The number of benzene rings is 1. The van der Waals surface area contributed by atoms with Crippen molar-refractivity contribution < 1.29 is 13.2 Å². The normalized spacial score (nSPS) is 20.5. The molecule has 1 fully saturated rings. The number of sulfonamides is 1. The minimum Gasteiger partial charge on any atom is -0.352 e. The second-order valence-electron chi connectivity index (χ2n) is 6.12. The number of nitrogens with one attached hydrogen (secondary N) is 1. The highest BCUT2D eigenvalue weighted by atomic mass is 32.2. The summed E-state index contributed by atoms with van der Waals surface area (Å²) in [7, 11) is -3.81. The number of amides is 1. The first-order chi connectivity index (χ1) is 9.11. The van der Waals surface area contributed by atoms with Gasteiger partial charge in [0.1, 0.15) is 0 Å². The second kappa shape index (κ2) is 4.86. The maximum atomic E-state index is 12.0. The summed E-state index contributed by atoms with van der Waals surface area (Å²) in [5.74, 6) is 0.229. The van der Waals surface area contributed by atoms with E-state index in [4.69, 9.17) is 5.14 Å². The number of nitrogens with two attached hydrogens (primary N) is 1. The molecule has 0 bridgehead atoms. The third-order valence-corrected chi connectivity index (χ3v) is 5.04. The van der Waals surface area contributed by atoms with Crippen molar-refractivity contribution in [3.63, 3.8) is 0 Å². The highest BCUT2D eigenvalue weighted by Crippen LogP contribution is 2.50. The van der Waals surface area contributed by atoms with Gasteiger partial charge in [-0.15, -0.1) is 0 Å². The molecule has 1 unspecified atom stereocenters. The molecule has 110 valence electrons. The zero-order valence-electron chi connectivity index (χ0n) is 11.9. The number of carbonyl (C=O) groups is 1. The summed E-state index contributed by atoms with van der Waals surface area (Å²) in [6, 6.07) is 4.53. The van der Waals surface area contributed by atoms with Crippen LogP contribution < -0.4 is 10.5 Å². The van der Waals surface area contributed by atoms with Gasteiger partial charge in [-0.1, -0.05) is 19.9 Å². The molecule has 1 saturated carbocycles. The highest BCUT2D eigenvalue weighted by molar-refractivity contribution is 7.89. The van der Waals surface area contributed by atoms with Gasteiger partial charge in [-0.05, 0) is 42.4 Å². The number of hydrogen-bond acceptors (Lipinski definition) is 3. The summed E-state index contributed by atoms with van der Waals surface area (Å²) >= 11 is 0. The van der Waals surface area contributed by atoms with Crippen molar-refractivity contribution in [3.05, 3.63) is 29.3 Å². The van der Waals surface area contributed by atoms with Crippen LogP contribution in [0.5, 0.6) is 0 Å². The van der Waals surface area contributed by atoms with Crippen LogP contribution in [0.2, 0.25) is 0 Å². The average Bonchev–Trinajstić information content (AvgIpc) is 2.93. The number of hydrogen-bond donors (Lipinski definition) is 2. The van der Waals surface area contributed by atoms with Gasteiger partial charge < -0.3 is 5.32 Å². The Kier molecular flexibility index (Phi) is 3.64. The van der Waals surface area contributed by atoms with Crippen LogP contribution in [-0.4, -0.2) is 20.9 Å². The number of aryl methyl sites for hydroxylation is 1. The monoisotopic (exact) mass is 296 g/mol. The molecule has 0 spiro atoms. The first-order valence-corrected chi connectivity index (χ1v) is 8.07. The van der Waals surface area contributed by atoms with Gasteiger partial charge in [0.25, 0.3) is 5.91 Å². The molecule has 0 radical (unpaired) electrons. The summed E-state index contributed by atoms with van der Waals surface area (Å²) in [6.07, 6.45) is 1.10. The fourth-order valence-corrected chi connectivity index (χ4v) is 3.10. The van der Waals surface area contributed by atoms with Gasteiger partial charge in [0.05, 0.1) is 4.90 Å². The van der Waals surface area contributed by atoms with Crippen molar-refractivity contribution in [1.29, 1.82) is 0 Å². The molecule has 1 atom stereocenters. The molecule has 1 amide bonds. The van der Waals surface area contributed by atoms with Gasteiger partial charge >= 0.3 is 0 Å². The predicted octanol–water partition coefficient (Wildman–Crippen LogP) is 1.42. The smallest absolute Gasteiger partial charge is 0.251 e. The molecule has 2 rings (SSSR count). The Morgan fingerprint density at radius 3 is 2.55 bits per heavy atom. The molecule has 1 aliphatic carbocycles. The lowest BCUT2D eigenvalue weighted by Crippen LogP contribution is -2.27. The van der Waals surface area contributed by atoms with Gasteiger partial charge in [-0.3, -0.25) is 4.79 Å². The summed E-state index contributed by atoms with van der Waals surface area (Å²) in [6.45, 7) is 6.59. The fourth-order valence-electron chi connectivity index (χ4n) is 2.29. The van der Waals surface area contributed by atoms with Crippen LogP contribution in [-0.2, 0) is 10.0 Å². The van der Waals surface area contributed by atoms with E-state index in [1.54, 1.807) is 19.1 Å². The van der Waals surface area contributed by atoms with Crippen LogP contribution in [0.1, 0.15) is 36.2 Å². The Morgan fingerprint density at radius 1 is 1.45 bits per heavy atom. The van der Waals surface area contributed by atoms with E-state index >= 15 is 0 Å². The third kappa shape index (κ3) is 3.19. The van der Waals surface area contributed by atoms with Crippen LogP contribution in [0.4, 0.5) is 0 Å². The zero-order chi connectivity index (χ0) is 15.1. The lowest BCUT2D eigenvalue weighted by atomic mass is 10.1. The van der Waals surface area contributed by atoms with Crippen molar-refractivity contribution in [2.45, 2.75) is 32.1 Å². The highest BCUT2D eigenvalue weighted by Gasteiger charge is 2.45. The zero-order valence-corrected chi connectivity index (χ0v) is 12.8. The fraction of sp³-hybridized carbons (Fsp3) is 0.500. The van der Waals surface area contributed by atoms with E-state index in [-0.39, 0.29) is 10.8 Å². The van der Waals surface area contributed by atoms with Gasteiger partial charge in [-0.25, -0.2) is 13.6 Å². The van der Waals surface area contributed by atoms with Crippen LogP contribution in [0.3, 0.4) is 0 Å². The predicted molar refractivity (Wildman–Crippen MR) is 76.8 cm³/mol. The van der Waals surface area contributed by atoms with E-state index in [1.165, 1.54) is 6.07 Å². The number of carbonyl (C=O) groups excluding carboxylic acids is 1. The van der Waals surface area contributed by atoms with Crippen LogP contribution in [0, 0.1) is 18.3 Å². The number of rotatable bonds is 4. The molecule has 5 nitrogen and oxygen atoms in total. The summed E-state index contributed by atoms with van der Waals surface area (Å²) in [5, 5.41) is 7.97. The molecule has 0 aliphatic heterocycles. The minimum absolute atomic E-state index is 0.00287. The van der Waals surface area contributed by atoms with E-state index in [0.717, 1.165) is 6.42 Å². The molecule has 1 aromatic carbocycles. The first-order valence-electron chi connectivity index (χ1n) is 6.53. The van der Waals surface area contributed by atoms with Gasteiger partial charge in [-0.2, -0.15) is 0 Å².